The molecule has 0 aliphatic carbocycles. The number of benzene rings is 1. The minimum absolute atomic E-state index is 0.0657. The third kappa shape index (κ3) is 3.56. The van der Waals surface area contributed by atoms with Crippen LogP contribution in [0.1, 0.15) is 30.3 Å². The molecule has 1 aromatic carbocycles. The number of H-pyrrole nitrogens is 1. The first-order chi connectivity index (χ1) is 11.1. The van der Waals surface area contributed by atoms with Crippen LogP contribution >= 0.6 is 0 Å². The highest BCUT2D eigenvalue weighted by Gasteiger charge is 2.34. The van der Waals surface area contributed by atoms with E-state index in [2.05, 4.69) is 15.3 Å². The van der Waals surface area contributed by atoms with E-state index in [0.29, 0.717) is 18.9 Å². The minimum Gasteiger partial charge on any atom is -0.369 e. The van der Waals surface area contributed by atoms with Gasteiger partial charge in [-0.25, -0.2) is 13.8 Å². The zero-order valence-corrected chi connectivity index (χ0v) is 12.4. The first-order valence-corrected chi connectivity index (χ1v) is 7.47. The van der Waals surface area contributed by atoms with Crippen LogP contribution in [0.25, 0.3) is 0 Å². The third-order valence-corrected chi connectivity index (χ3v) is 3.91. The van der Waals surface area contributed by atoms with Crippen molar-refractivity contribution in [1.82, 2.24) is 15.3 Å². The Morgan fingerprint density at radius 3 is 3.09 bits per heavy atom. The number of rotatable bonds is 4. The number of aromatic nitrogens is 2. The average molecular weight is 321 g/mol. The zero-order chi connectivity index (χ0) is 16.2. The number of nitrogens with zero attached hydrogens (tertiary/aromatic N) is 1. The number of carbonyl (C=O) groups excluding carboxylic acids is 1. The molecule has 1 fully saturated rings. The molecule has 23 heavy (non-hydrogen) atoms. The number of nitrogens with one attached hydrogen (secondary N) is 2. The Kier molecular flexibility index (Phi) is 4.66. The molecule has 1 aliphatic rings. The van der Waals surface area contributed by atoms with E-state index in [1.54, 1.807) is 12.4 Å². The van der Waals surface area contributed by atoms with Crippen molar-refractivity contribution < 1.29 is 18.3 Å². The Balaban J connectivity index is 1.67. The Labute approximate surface area is 132 Å². The molecule has 0 radical (unpaired) electrons. The maximum Gasteiger partial charge on any atom is 0.226 e. The largest absolute Gasteiger partial charge is 0.369 e. The predicted octanol–water partition coefficient (Wildman–Crippen LogP) is 2.47. The Morgan fingerprint density at radius 2 is 2.30 bits per heavy atom. The van der Waals surface area contributed by atoms with Gasteiger partial charge in [-0.05, 0) is 31.0 Å². The van der Waals surface area contributed by atoms with Crippen molar-refractivity contribution in [3.05, 3.63) is 53.6 Å². The lowest BCUT2D eigenvalue weighted by Crippen LogP contribution is -2.37. The quantitative estimate of drug-likeness (QED) is 0.909. The molecule has 3 rings (SSSR count). The molecule has 0 spiro atoms. The molecule has 1 saturated heterocycles. The molecule has 2 aromatic rings. The molecule has 7 heteroatoms. The topological polar surface area (TPSA) is 67.0 Å². The lowest BCUT2D eigenvalue weighted by molar-refractivity contribution is -0.135. The average Bonchev–Trinajstić information content (AvgIpc) is 3.10. The monoisotopic (exact) mass is 321 g/mol. The van der Waals surface area contributed by atoms with Gasteiger partial charge in [0.25, 0.3) is 0 Å². The molecule has 0 bridgehead atoms. The SMILES string of the molecule is O=C(NCc1cc(F)ccc1F)[C@@H]1CCCO[C@H]1c1ncc[nH]1. The van der Waals surface area contributed by atoms with Gasteiger partial charge in [0, 0.05) is 31.1 Å². The molecule has 1 aromatic heterocycles. The number of halogens is 2. The van der Waals surface area contributed by atoms with E-state index in [4.69, 9.17) is 4.74 Å². The number of ether oxygens (including phenoxy) is 1. The van der Waals surface area contributed by atoms with Gasteiger partial charge in [0.05, 0.1) is 5.92 Å². The Hall–Kier alpha value is -2.28. The predicted molar refractivity (Wildman–Crippen MR) is 78.2 cm³/mol. The fourth-order valence-corrected chi connectivity index (χ4v) is 2.74. The van der Waals surface area contributed by atoms with E-state index in [0.717, 1.165) is 24.6 Å². The Morgan fingerprint density at radius 1 is 1.43 bits per heavy atom. The molecular formula is C16H17F2N3O2. The first-order valence-electron chi connectivity index (χ1n) is 7.47. The summed E-state index contributed by atoms with van der Waals surface area (Å²) in [6.07, 6.45) is 4.25. The van der Waals surface area contributed by atoms with Crippen LogP contribution < -0.4 is 5.32 Å². The van der Waals surface area contributed by atoms with E-state index >= 15 is 0 Å². The highest BCUT2D eigenvalue weighted by Crippen LogP contribution is 2.32. The van der Waals surface area contributed by atoms with Crippen LogP contribution in [0, 0.1) is 17.6 Å². The van der Waals surface area contributed by atoms with E-state index in [1.165, 1.54) is 0 Å². The second kappa shape index (κ2) is 6.87. The molecule has 0 saturated carbocycles. The van der Waals surface area contributed by atoms with E-state index in [9.17, 15) is 13.6 Å². The van der Waals surface area contributed by atoms with Gasteiger partial charge in [0.1, 0.15) is 23.6 Å². The maximum absolute atomic E-state index is 13.6. The van der Waals surface area contributed by atoms with Gasteiger partial charge in [-0.1, -0.05) is 0 Å². The molecule has 1 amide bonds. The summed E-state index contributed by atoms with van der Waals surface area (Å²) in [7, 11) is 0. The number of aromatic amines is 1. The molecule has 2 heterocycles. The van der Waals surface area contributed by atoms with Gasteiger partial charge in [0.2, 0.25) is 5.91 Å². The summed E-state index contributed by atoms with van der Waals surface area (Å²) in [4.78, 5) is 19.5. The minimum atomic E-state index is -0.547. The van der Waals surface area contributed by atoms with Crippen LogP contribution in [0.4, 0.5) is 8.78 Å². The first kappa shape index (κ1) is 15.6. The van der Waals surface area contributed by atoms with Crippen LogP contribution in [0.15, 0.2) is 30.6 Å². The van der Waals surface area contributed by atoms with E-state index in [-0.39, 0.29) is 18.0 Å². The summed E-state index contributed by atoms with van der Waals surface area (Å²) < 4.78 is 32.4. The molecule has 122 valence electrons. The fourth-order valence-electron chi connectivity index (χ4n) is 2.74. The van der Waals surface area contributed by atoms with Crippen molar-refractivity contribution in [3.63, 3.8) is 0 Å². The summed E-state index contributed by atoms with van der Waals surface area (Å²) in [5.41, 5.74) is 0.115. The second-order valence-corrected chi connectivity index (χ2v) is 5.47. The van der Waals surface area contributed by atoms with Crippen molar-refractivity contribution in [1.29, 1.82) is 0 Å². The van der Waals surface area contributed by atoms with Crippen LogP contribution in [-0.4, -0.2) is 22.5 Å². The molecule has 5 nitrogen and oxygen atoms in total. The maximum atomic E-state index is 13.6. The summed E-state index contributed by atoms with van der Waals surface area (Å²) in [5.74, 6) is -1.15. The van der Waals surface area contributed by atoms with Crippen molar-refractivity contribution >= 4 is 5.91 Å². The molecular weight excluding hydrogens is 304 g/mol. The fraction of sp³-hybridized carbons (Fsp3) is 0.375. The summed E-state index contributed by atoms with van der Waals surface area (Å²) >= 11 is 0. The van der Waals surface area contributed by atoms with Crippen molar-refractivity contribution in [2.45, 2.75) is 25.5 Å². The summed E-state index contributed by atoms with van der Waals surface area (Å²) in [6.45, 7) is 0.497. The smallest absolute Gasteiger partial charge is 0.226 e. The number of carbonyl (C=O) groups is 1. The highest BCUT2D eigenvalue weighted by atomic mass is 19.1. The van der Waals surface area contributed by atoms with Crippen molar-refractivity contribution in [2.75, 3.05) is 6.61 Å². The van der Waals surface area contributed by atoms with Crippen LogP contribution in [0.5, 0.6) is 0 Å². The lowest BCUT2D eigenvalue weighted by Gasteiger charge is -2.29. The number of imidazole rings is 1. The van der Waals surface area contributed by atoms with Gasteiger partial charge in [0.15, 0.2) is 0 Å². The van der Waals surface area contributed by atoms with Crippen LogP contribution in [-0.2, 0) is 16.1 Å². The van der Waals surface area contributed by atoms with Crippen LogP contribution in [0.2, 0.25) is 0 Å². The van der Waals surface area contributed by atoms with Gasteiger partial charge in [-0.15, -0.1) is 0 Å². The van der Waals surface area contributed by atoms with Gasteiger partial charge in [-0.2, -0.15) is 0 Å². The van der Waals surface area contributed by atoms with Crippen molar-refractivity contribution in [3.8, 4) is 0 Å². The summed E-state index contributed by atoms with van der Waals surface area (Å²) in [6, 6.07) is 3.17. The molecule has 2 atom stereocenters. The van der Waals surface area contributed by atoms with Crippen LogP contribution in [0.3, 0.4) is 0 Å². The van der Waals surface area contributed by atoms with E-state index < -0.39 is 23.7 Å². The number of hydrogen-bond donors (Lipinski definition) is 2. The molecule has 1 aliphatic heterocycles. The second-order valence-electron chi connectivity index (χ2n) is 5.47. The summed E-state index contributed by atoms with van der Waals surface area (Å²) in [5, 5.41) is 2.66. The third-order valence-electron chi connectivity index (χ3n) is 3.91. The normalized spacial score (nSPS) is 21.1. The standard InChI is InChI=1S/C16H17F2N3O2/c17-11-3-4-13(18)10(8-11)9-21-16(22)12-2-1-7-23-14(12)15-19-5-6-20-15/h3-6,8,12,14H,1-2,7,9H2,(H,19,20)(H,21,22)/t12-,14-/m1/s1. The molecule has 0 unspecified atom stereocenters. The highest BCUT2D eigenvalue weighted by molar-refractivity contribution is 5.79. The van der Waals surface area contributed by atoms with Gasteiger partial charge in [-0.3, -0.25) is 4.79 Å². The van der Waals surface area contributed by atoms with Crippen molar-refractivity contribution in [2.24, 2.45) is 5.92 Å². The van der Waals surface area contributed by atoms with Gasteiger partial charge >= 0.3 is 0 Å². The lowest BCUT2D eigenvalue weighted by atomic mass is 9.92. The molecule has 2 N–H and O–H groups in total. The Bertz CT molecular complexity index is 676. The zero-order valence-electron chi connectivity index (χ0n) is 12.4. The number of hydrogen-bond acceptors (Lipinski definition) is 3. The van der Waals surface area contributed by atoms with Gasteiger partial charge < -0.3 is 15.0 Å². The number of amides is 1. The van der Waals surface area contributed by atoms with E-state index in [1.807, 2.05) is 0 Å².